The van der Waals surface area contributed by atoms with E-state index in [1.54, 1.807) is 17.0 Å². The first-order valence-corrected chi connectivity index (χ1v) is 9.98. The van der Waals surface area contributed by atoms with Crippen LogP contribution in [-0.2, 0) is 16.1 Å². The lowest BCUT2D eigenvalue weighted by atomic mass is 10.1. The highest BCUT2D eigenvalue weighted by Gasteiger charge is 2.27. The third-order valence-corrected chi connectivity index (χ3v) is 5.14. The molecule has 7 nitrogen and oxygen atoms in total. The van der Waals surface area contributed by atoms with Crippen molar-refractivity contribution in [3.63, 3.8) is 0 Å². The third kappa shape index (κ3) is 5.13. The number of halogens is 1. The fourth-order valence-corrected chi connectivity index (χ4v) is 3.50. The molecule has 1 aliphatic heterocycles. The monoisotopic (exact) mass is 404 g/mol. The molecule has 29 heavy (non-hydrogen) atoms. The van der Waals surface area contributed by atoms with Crippen molar-refractivity contribution in [1.82, 2.24) is 15.0 Å². The molecule has 1 amide bonds. The van der Waals surface area contributed by atoms with Crippen LogP contribution in [0, 0.1) is 5.82 Å². The number of nitrogens with zero attached hydrogens (tertiary/aromatic N) is 4. The predicted molar refractivity (Wildman–Crippen MR) is 109 cm³/mol. The topological polar surface area (TPSA) is 62.1 Å². The first-order valence-electron chi connectivity index (χ1n) is 9.98. The summed E-state index contributed by atoms with van der Waals surface area (Å²) in [5, 5.41) is 4.31. The number of hydrogen-bond acceptors (Lipinski definition) is 6. The lowest BCUT2D eigenvalue weighted by Gasteiger charge is -2.33. The van der Waals surface area contributed by atoms with Gasteiger partial charge >= 0.3 is 0 Å². The average molecular weight is 404 g/mol. The Morgan fingerprint density at radius 2 is 1.93 bits per heavy atom. The van der Waals surface area contributed by atoms with E-state index in [9.17, 15) is 9.18 Å². The fourth-order valence-electron chi connectivity index (χ4n) is 3.50. The van der Waals surface area contributed by atoms with Crippen LogP contribution in [0.1, 0.15) is 18.9 Å². The number of amides is 1. The van der Waals surface area contributed by atoms with E-state index in [1.807, 2.05) is 6.92 Å². The van der Waals surface area contributed by atoms with Crippen LogP contribution in [0.3, 0.4) is 0 Å². The van der Waals surface area contributed by atoms with E-state index in [-0.39, 0.29) is 18.3 Å². The zero-order valence-electron chi connectivity index (χ0n) is 17.4. The lowest BCUT2D eigenvalue weighted by Crippen LogP contribution is -2.45. The van der Waals surface area contributed by atoms with Gasteiger partial charge < -0.3 is 24.0 Å². The molecule has 0 aliphatic carbocycles. The van der Waals surface area contributed by atoms with Gasteiger partial charge in [0.05, 0.1) is 12.1 Å². The summed E-state index contributed by atoms with van der Waals surface area (Å²) in [6, 6.07) is 6.18. The van der Waals surface area contributed by atoms with Gasteiger partial charge in [-0.25, -0.2) is 4.39 Å². The first kappa shape index (κ1) is 21.3. The Hall–Kier alpha value is -2.45. The number of hydrogen-bond donors (Lipinski definition) is 0. The van der Waals surface area contributed by atoms with Gasteiger partial charge in [-0.15, -0.1) is 0 Å². The maximum absolute atomic E-state index is 13.4. The molecule has 0 spiro atoms. The third-order valence-electron chi connectivity index (χ3n) is 5.14. The molecule has 3 rings (SSSR count). The first-order chi connectivity index (χ1) is 14.0. The highest BCUT2D eigenvalue weighted by atomic mass is 19.1. The minimum Gasteiger partial charge on any atom is -0.375 e. The Morgan fingerprint density at radius 1 is 1.24 bits per heavy atom. The van der Waals surface area contributed by atoms with Crippen molar-refractivity contribution in [3.8, 4) is 11.3 Å². The SMILES string of the molecule is CCCN(Cc1c(-c2ccc(F)cc2)noc1N1CCN(C)CC1)C(=O)COC. The molecule has 2 heterocycles. The molecule has 1 fully saturated rings. The number of benzene rings is 1. The molecule has 1 aliphatic rings. The van der Waals surface area contributed by atoms with Crippen LogP contribution in [-0.4, -0.2) is 74.4 Å². The number of likely N-dealkylation sites (N-methyl/N-ethyl adjacent to an activating group) is 1. The predicted octanol–water partition coefficient (Wildman–Crippen LogP) is 2.62. The highest BCUT2D eigenvalue weighted by molar-refractivity contribution is 5.78. The van der Waals surface area contributed by atoms with E-state index in [4.69, 9.17) is 9.26 Å². The second kappa shape index (κ2) is 9.84. The van der Waals surface area contributed by atoms with Crippen molar-refractivity contribution in [2.75, 3.05) is 58.4 Å². The van der Waals surface area contributed by atoms with E-state index < -0.39 is 0 Å². The minimum atomic E-state index is -0.305. The Balaban J connectivity index is 1.96. The van der Waals surface area contributed by atoms with Gasteiger partial charge in [-0.05, 0) is 37.7 Å². The van der Waals surface area contributed by atoms with Gasteiger partial charge in [0.1, 0.15) is 18.1 Å². The van der Waals surface area contributed by atoms with Gasteiger partial charge in [0.2, 0.25) is 11.8 Å². The number of carbonyl (C=O) groups excluding carboxylic acids is 1. The number of piperazine rings is 1. The molecule has 0 saturated carbocycles. The van der Waals surface area contributed by atoms with E-state index >= 15 is 0 Å². The van der Waals surface area contributed by atoms with E-state index in [1.165, 1.54) is 19.2 Å². The molecule has 1 aromatic heterocycles. The highest BCUT2D eigenvalue weighted by Crippen LogP contribution is 2.33. The smallest absolute Gasteiger partial charge is 0.248 e. The maximum atomic E-state index is 13.4. The molecule has 0 N–H and O–H groups in total. The Bertz CT molecular complexity index is 801. The number of carbonyl (C=O) groups is 1. The molecular formula is C21H29FN4O3. The van der Waals surface area contributed by atoms with Crippen molar-refractivity contribution >= 4 is 11.8 Å². The van der Waals surface area contributed by atoms with Gasteiger partial charge in [0.25, 0.3) is 0 Å². The van der Waals surface area contributed by atoms with E-state index in [0.29, 0.717) is 24.7 Å². The van der Waals surface area contributed by atoms with Gasteiger partial charge in [-0.2, -0.15) is 0 Å². The van der Waals surface area contributed by atoms with Crippen LogP contribution in [0.4, 0.5) is 10.3 Å². The number of methoxy groups -OCH3 is 1. The van der Waals surface area contributed by atoms with Gasteiger partial charge in [0, 0.05) is 45.4 Å². The van der Waals surface area contributed by atoms with Crippen LogP contribution in [0.15, 0.2) is 28.8 Å². The molecule has 1 aromatic carbocycles. The summed E-state index contributed by atoms with van der Waals surface area (Å²) in [6.07, 6.45) is 0.830. The summed E-state index contributed by atoms with van der Waals surface area (Å²) in [5.74, 6) is 0.301. The number of ether oxygens (including phenoxy) is 1. The zero-order chi connectivity index (χ0) is 20.8. The molecule has 0 unspecified atom stereocenters. The Morgan fingerprint density at radius 3 is 2.55 bits per heavy atom. The van der Waals surface area contributed by atoms with Gasteiger partial charge in [0.15, 0.2) is 0 Å². The molecular weight excluding hydrogens is 375 g/mol. The quantitative estimate of drug-likeness (QED) is 0.674. The van der Waals surface area contributed by atoms with Crippen molar-refractivity contribution in [2.24, 2.45) is 0 Å². The summed E-state index contributed by atoms with van der Waals surface area (Å²) < 4.78 is 24.2. The van der Waals surface area contributed by atoms with Crippen LogP contribution >= 0.6 is 0 Å². The van der Waals surface area contributed by atoms with Crippen LogP contribution in [0.5, 0.6) is 0 Å². The number of anilines is 1. The Kier molecular flexibility index (Phi) is 7.22. The molecule has 0 radical (unpaired) electrons. The van der Waals surface area contributed by atoms with Gasteiger partial charge in [-0.1, -0.05) is 12.1 Å². The standard InChI is InChI=1S/C21H29FN4O3/c1-4-9-26(19(27)15-28-3)14-18-20(16-5-7-17(22)8-6-16)23-29-21(18)25-12-10-24(2)11-13-25/h5-8H,4,9-15H2,1-3H3. The number of aromatic nitrogens is 1. The molecule has 0 atom stereocenters. The summed E-state index contributed by atoms with van der Waals surface area (Å²) in [6.45, 7) is 6.53. The fraction of sp³-hybridized carbons (Fsp3) is 0.524. The zero-order valence-corrected chi connectivity index (χ0v) is 17.4. The van der Waals surface area contributed by atoms with Crippen molar-refractivity contribution in [3.05, 3.63) is 35.6 Å². The second-order valence-electron chi connectivity index (χ2n) is 7.36. The molecule has 0 bridgehead atoms. The average Bonchev–Trinajstić information content (AvgIpc) is 3.12. The van der Waals surface area contributed by atoms with Crippen LogP contribution in [0.2, 0.25) is 0 Å². The largest absolute Gasteiger partial charge is 0.375 e. The summed E-state index contributed by atoms with van der Waals surface area (Å²) in [7, 11) is 3.61. The molecule has 8 heteroatoms. The van der Waals surface area contributed by atoms with Gasteiger partial charge in [-0.3, -0.25) is 4.79 Å². The van der Waals surface area contributed by atoms with Crippen molar-refractivity contribution < 1.29 is 18.4 Å². The van der Waals surface area contributed by atoms with Crippen LogP contribution < -0.4 is 4.90 Å². The number of rotatable bonds is 8. The molecule has 158 valence electrons. The van der Waals surface area contributed by atoms with Crippen molar-refractivity contribution in [2.45, 2.75) is 19.9 Å². The molecule has 1 saturated heterocycles. The molecule has 2 aromatic rings. The Labute approximate surface area is 171 Å². The lowest BCUT2D eigenvalue weighted by molar-refractivity contribution is -0.135. The van der Waals surface area contributed by atoms with E-state index in [0.717, 1.165) is 43.7 Å². The van der Waals surface area contributed by atoms with E-state index in [2.05, 4.69) is 22.0 Å². The normalized spacial score (nSPS) is 15.0. The van der Waals surface area contributed by atoms with Crippen LogP contribution in [0.25, 0.3) is 11.3 Å². The summed E-state index contributed by atoms with van der Waals surface area (Å²) in [5.41, 5.74) is 2.26. The van der Waals surface area contributed by atoms with Crippen molar-refractivity contribution in [1.29, 1.82) is 0 Å². The maximum Gasteiger partial charge on any atom is 0.248 e. The summed E-state index contributed by atoms with van der Waals surface area (Å²) in [4.78, 5) is 18.8. The minimum absolute atomic E-state index is 0.0288. The second-order valence-corrected chi connectivity index (χ2v) is 7.36. The summed E-state index contributed by atoms with van der Waals surface area (Å²) >= 11 is 0.